The first-order valence-corrected chi connectivity index (χ1v) is 5.24. The van der Waals surface area contributed by atoms with Crippen LogP contribution in [0, 0.1) is 6.92 Å². The number of rotatable bonds is 1. The molecule has 0 saturated carbocycles. The summed E-state index contributed by atoms with van der Waals surface area (Å²) in [6.45, 7) is 4.19. The number of anilines is 2. The third kappa shape index (κ3) is 1.45. The molecule has 2 heterocycles. The summed E-state index contributed by atoms with van der Waals surface area (Å²) >= 11 is 0. The van der Waals surface area contributed by atoms with Crippen molar-refractivity contribution < 1.29 is 0 Å². The number of piperidine rings is 1. The van der Waals surface area contributed by atoms with E-state index in [9.17, 15) is 0 Å². The van der Waals surface area contributed by atoms with Gasteiger partial charge >= 0.3 is 0 Å². The lowest BCUT2D eigenvalue weighted by molar-refractivity contribution is 0.561. The zero-order chi connectivity index (χ0) is 10.1. The summed E-state index contributed by atoms with van der Waals surface area (Å²) in [5, 5.41) is 4.34. The van der Waals surface area contributed by atoms with Crippen molar-refractivity contribution in [3.05, 3.63) is 5.69 Å². The van der Waals surface area contributed by atoms with Crippen LogP contribution in [0.25, 0.3) is 0 Å². The molecule has 78 valence electrons. The second kappa shape index (κ2) is 3.52. The number of aromatic nitrogens is 2. The van der Waals surface area contributed by atoms with E-state index < -0.39 is 0 Å². The number of hydrogen-bond acceptors (Lipinski definition) is 3. The Hall–Kier alpha value is -1.19. The van der Waals surface area contributed by atoms with E-state index in [2.05, 4.69) is 10.00 Å². The zero-order valence-electron chi connectivity index (χ0n) is 8.95. The topological polar surface area (TPSA) is 47.1 Å². The van der Waals surface area contributed by atoms with Crippen LogP contribution in [0.2, 0.25) is 0 Å². The van der Waals surface area contributed by atoms with Gasteiger partial charge in [-0.05, 0) is 26.2 Å². The van der Waals surface area contributed by atoms with Crippen molar-refractivity contribution in [2.45, 2.75) is 26.2 Å². The molecule has 0 atom stereocenters. The van der Waals surface area contributed by atoms with Gasteiger partial charge in [-0.2, -0.15) is 5.10 Å². The van der Waals surface area contributed by atoms with Gasteiger partial charge in [-0.3, -0.25) is 4.68 Å². The Balaban J connectivity index is 2.29. The van der Waals surface area contributed by atoms with Crippen molar-refractivity contribution in [2.24, 2.45) is 7.05 Å². The average Bonchev–Trinajstić information content (AvgIpc) is 2.43. The number of nitrogens with zero attached hydrogens (tertiary/aromatic N) is 3. The fourth-order valence-electron chi connectivity index (χ4n) is 2.14. The molecule has 4 heteroatoms. The highest BCUT2D eigenvalue weighted by Gasteiger charge is 2.18. The van der Waals surface area contributed by atoms with Gasteiger partial charge in [0.05, 0.1) is 11.4 Å². The Morgan fingerprint density at radius 3 is 2.36 bits per heavy atom. The normalized spacial score (nSPS) is 17.4. The Labute approximate surface area is 84.7 Å². The predicted octanol–water partition coefficient (Wildman–Crippen LogP) is 1.30. The van der Waals surface area contributed by atoms with Crippen LogP contribution in [-0.4, -0.2) is 22.9 Å². The lowest BCUT2D eigenvalue weighted by Crippen LogP contribution is -2.31. The molecule has 0 radical (unpaired) electrons. The van der Waals surface area contributed by atoms with Crippen LogP contribution in [0.15, 0.2) is 0 Å². The van der Waals surface area contributed by atoms with Gasteiger partial charge in [0.25, 0.3) is 0 Å². The quantitative estimate of drug-likeness (QED) is 0.733. The molecular weight excluding hydrogens is 176 g/mol. The minimum Gasteiger partial charge on any atom is -0.394 e. The Kier molecular flexibility index (Phi) is 2.35. The van der Waals surface area contributed by atoms with Crippen molar-refractivity contribution in [3.63, 3.8) is 0 Å². The molecule has 1 aliphatic heterocycles. The van der Waals surface area contributed by atoms with E-state index in [-0.39, 0.29) is 0 Å². The Morgan fingerprint density at radius 2 is 1.86 bits per heavy atom. The Morgan fingerprint density at radius 1 is 1.21 bits per heavy atom. The molecule has 14 heavy (non-hydrogen) atoms. The summed E-state index contributed by atoms with van der Waals surface area (Å²) in [4.78, 5) is 2.35. The molecule has 1 aliphatic rings. The third-order valence-corrected chi connectivity index (χ3v) is 2.89. The van der Waals surface area contributed by atoms with Crippen molar-refractivity contribution in [1.82, 2.24) is 9.78 Å². The monoisotopic (exact) mass is 194 g/mol. The Bertz CT molecular complexity index is 323. The molecule has 2 N–H and O–H groups in total. The van der Waals surface area contributed by atoms with E-state index in [1.54, 1.807) is 0 Å². The van der Waals surface area contributed by atoms with Gasteiger partial charge < -0.3 is 10.6 Å². The van der Waals surface area contributed by atoms with Gasteiger partial charge in [0.2, 0.25) is 0 Å². The van der Waals surface area contributed by atoms with Gasteiger partial charge in [0.15, 0.2) is 0 Å². The first-order valence-electron chi connectivity index (χ1n) is 5.24. The molecule has 1 saturated heterocycles. The van der Waals surface area contributed by atoms with Crippen molar-refractivity contribution in [3.8, 4) is 0 Å². The summed E-state index contributed by atoms with van der Waals surface area (Å²) < 4.78 is 1.90. The molecule has 0 spiro atoms. The highest BCUT2D eigenvalue weighted by Crippen LogP contribution is 2.27. The average molecular weight is 194 g/mol. The maximum atomic E-state index is 6.01. The lowest BCUT2D eigenvalue weighted by Gasteiger charge is -2.28. The third-order valence-electron chi connectivity index (χ3n) is 2.89. The maximum Gasteiger partial charge on any atom is 0.150 e. The van der Waals surface area contributed by atoms with Gasteiger partial charge in [-0.15, -0.1) is 0 Å². The maximum absolute atomic E-state index is 6.01. The largest absolute Gasteiger partial charge is 0.394 e. The van der Waals surface area contributed by atoms with Crippen LogP contribution in [0.5, 0.6) is 0 Å². The minimum absolute atomic E-state index is 0.842. The highest BCUT2D eigenvalue weighted by atomic mass is 15.4. The van der Waals surface area contributed by atoms with Crippen LogP contribution >= 0.6 is 0 Å². The number of nitrogen functional groups attached to an aromatic ring is 1. The molecule has 0 aromatic carbocycles. The number of nitrogens with two attached hydrogens (primary N) is 1. The SMILES string of the molecule is Cc1nn(C)c(N2CCCCC2)c1N. The van der Waals surface area contributed by atoms with E-state index in [1.807, 2.05) is 18.7 Å². The number of aryl methyl sites for hydroxylation is 2. The lowest BCUT2D eigenvalue weighted by atomic mass is 10.1. The summed E-state index contributed by atoms with van der Waals surface area (Å²) in [6.07, 6.45) is 3.88. The molecule has 0 aliphatic carbocycles. The molecule has 2 rings (SSSR count). The van der Waals surface area contributed by atoms with Gasteiger partial charge in [0.1, 0.15) is 5.82 Å². The van der Waals surface area contributed by atoms with Crippen LogP contribution in [-0.2, 0) is 7.05 Å². The fraction of sp³-hybridized carbons (Fsp3) is 0.700. The van der Waals surface area contributed by atoms with E-state index in [1.165, 1.54) is 19.3 Å². The fourth-order valence-corrected chi connectivity index (χ4v) is 2.14. The summed E-state index contributed by atoms with van der Waals surface area (Å²) in [7, 11) is 1.97. The summed E-state index contributed by atoms with van der Waals surface area (Å²) in [5.74, 6) is 1.10. The molecular formula is C10H18N4. The molecule has 0 amide bonds. The zero-order valence-corrected chi connectivity index (χ0v) is 8.95. The summed E-state index contributed by atoms with van der Waals surface area (Å²) in [6, 6.07) is 0. The van der Waals surface area contributed by atoms with Crippen molar-refractivity contribution in [2.75, 3.05) is 23.7 Å². The van der Waals surface area contributed by atoms with Gasteiger partial charge in [0, 0.05) is 20.1 Å². The van der Waals surface area contributed by atoms with Crippen LogP contribution in [0.3, 0.4) is 0 Å². The van der Waals surface area contributed by atoms with Crippen LogP contribution < -0.4 is 10.6 Å². The first-order chi connectivity index (χ1) is 6.70. The van der Waals surface area contributed by atoms with Crippen LogP contribution in [0.1, 0.15) is 25.0 Å². The van der Waals surface area contributed by atoms with Gasteiger partial charge in [-0.1, -0.05) is 0 Å². The van der Waals surface area contributed by atoms with E-state index in [0.717, 1.165) is 30.3 Å². The second-order valence-electron chi connectivity index (χ2n) is 3.99. The standard InChI is InChI=1S/C10H18N4/c1-8-9(11)10(13(2)12-8)14-6-4-3-5-7-14/h3-7,11H2,1-2H3. The van der Waals surface area contributed by atoms with Gasteiger partial charge in [-0.25, -0.2) is 0 Å². The number of hydrogen-bond donors (Lipinski definition) is 1. The molecule has 1 aromatic heterocycles. The molecule has 1 aromatic rings. The van der Waals surface area contributed by atoms with E-state index >= 15 is 0 Å². The van der Waals surface area contributed by atoms with E-state index in [0.29, 0.717) is 0 Å². The molecule has 1 fully saturated rings. The van der Waals surface area contributed by atoms with E-state index in [4.69, 9.17) is 5.73 Å². The highest BCUT2D eigenvalue weighted by molar-refractivity contribution is 5.66. The van der Waals surface area contributed by atoms with Crippen LogP contribution in [0.4, 0.5) is 11.5 Å². The van der Waals surface area contributed by atoms with Crippen molar-refractivity contribution in [1.29, 1.82) is 0 Å². The van der Waals surface area contributed by atoms with Crippen molar-refractivity contribution >= 4 is 11.5 Å². The molecule has 0 bridgehead atoms. The summed E-state index contributed by atoms with van der Waals surface area (Å²) in [5.41, 5.74) is 7.79. The first kappa shape index (κ1) is 9.37. The smallest absolute Gasteiger partial charge is 0.150 e. The second-order valence-corrected chi connectivity index (χ2v) is 3.99. The molecule has 4 nitrogen and oxygen atoms in total. The minimum atomic E-state index is 0.842. The molecule has 0 unspecified atom stereocenters. The predicted molar refractivity (Wildman–Crippen MR) is 58.4 cm³/mol.